The first kappa shape index (κ1) is 14.7. The summed E-state index contributed by atoms with van der Waals surface area (Å²) in [4.78, 5) is 10.5. The smallest absolute Gasteiger partial charge is 0.298 e. The fourth-order valence-corrected chi connectivity index (χ4v) is 1.93. The normalized spacial score (nSPS) is 12.9. The van der Waals surface area contributed by atoms with E-state index in [1.807, 2.05) is 0 Å². The topological polar surface area (TPSA) is 40.9 Å². The number of alkyl halides is 4. The van der Waals surface area contributed by atoms with Gasteiger partial charge in [0, 0.05) is 0 Å². The number of ketones is 1. The molecule has 1 unspecified atom stereocenters. The molecule has 96 valence electrons. The molecule has 2 nitrogen and oxygen atoms in total. The van der Waals surface area contributed by atoms with E-state index in [1.165, 1.54) is 13.0 Å². The van der Waals surface area contributed by atoms with Gasteiger partial charge in [0.25, 0.3) is 0 Å². The van der Waals surface area contributed by atoms with Crippen LogP contribution in [0.15, 0.2) is 18.2 Å². The number of carbonyl (C=O) groups excluding carboxylic acids is 1. The van der Waals surface area contributed by atoms with Crippen molar-refractivity contribution in [2.75, 3.05) is 0 Å². The van der Waals surface area contributed by atoms with Crippen LogP contribution in [-0.4, -0.2) is 5.78 Å². The Kier molecular flexibility index (Phi) is 4.52. The Morgan fingerprint density at radius 1 is 1.50 bits per heavy atom. The summed E-state index contributed by atoms with van der Waals surface area (Å²) in [6.07, 6.45) is -4.63. The predicted octanol–water partition coefficient (Wildman–Crippen LogP) is 3.80. The molecule has 0 saturated carbocycles. The van der Waals surface area contributed by atoms with E-state index in [1.54, 1.807) is 6.07 Å². The highest BCUT2D eigenvalue weighted by molar-refractivity contribution is 9.09. The molecule has 0 spiro atoms. The van der Waals surface area contributed by atoms with E-state index in [-0.39, 0.29) is 17.8 Å². The second kappa shape index (κ2) is 5.53. The van der Waals surface area contributed by atoms with Crippen LogP contribution in [0.5, 0.6) is 0 Å². The lowest BCUT2D eigenvalue weighted by Gasteiger charge is -2.14. The van der Waals surface area contributed by atoms with E-state index in [0.717, 1.165) is 12.1 Å². The molecule has 1 rings (SSSR count). The van der Waals surface area contributed by atoms with Crippen LogP contribution in [-0.2, 0) is 17.4 Å². The zero-order valence-corrected chi connectivity index (χ0v) is 11.0. The van der Waals surface area contributed by atoms with Crippen LogP contribution < -0.4 is 0 Å². The molecule has 0 fully saturated rings. The Morgan fingerprint density at radius 3 is 2.56 bits per heavy atom. The van der Waals surface area contributed by atoms with Gasteiger partial charge in [-0.15, -0.1) is 0 Å². The fraction of sp³-hybridized carbons (Fsp3) is 0.333. The number of Topliss-reactive ketones (excluding diaryl/α,β-unsaturated/α-hetero) is 1. The Labute approximate surface area is 111 Å². The quantitative estimate of drug-likeness (QED) is 0.795. The van der Waals surface area contributed by atoms with Gasteiger partial charge >= 0.3 is 6.18 Å². The van der Waals surface area contributed by atoms with Gasteiger partial charge in [0.2, 0.25) is 0 Å². The highest BCUT2D eigenvalue weighted by atomic mass is 79.9. The van der Waals surface area contributed by atoms with Crippen molar-refractivity contribution in [2.45, 2.75) is 24.3 Å². The van der Waals surface area contributed by atoms with Crippen LogP contribution in [0.4, 0.5) is 13.2 Å². The monoisotopic (exact) mass is 319 g/mol. The number of benzene rings is 1. The van der Waals surface area contributed by atoms with Crippen molar-refractivity contribution < 1.29 is 18.0 Å². The predicted molar refractivity (Wildman–Crippen MR) is 63.1 cm³/mol. The molecular formula is C12H9BrF3NO. The molecule has 0 saturated heterocycles. The molecular weight excluding hydrogens is 311 g/mol. The molecule has 0 aliphatic carbocycles. The molecule has 1 aromatic carbocycles. The molecule has 0 bridgehead atoms. The lowest BCUT2D eigenvalue weighted by Crippen LogP contribution is -2.09. The molecule has 6 heteroatoms. The zero-order chi connectivity index (χ0) is 13.9. The molecule has 0 aliphatic heterocycles. The minimum absolute atomic E-state index is 0.172. The van der Waals surface area contributed by atoms with Gasteiger partial charge in [-0.2, -0.15) is 18.4 Å². The Morgan fingerprint density at radius 2 is 2.11 bits per heavy atom. The van der Waals surface area contributed by atoms with E-state index in [9.17, 15) is 18.0 Å². The number of carbonyl (C=O) groups is 1. The van der Waals surface area contributed by atoms with Crippen LogP contribution >= 0.6 is 15.9 Å². The summed E-state index contributed by atoms with van der Waals surface area (Å²) in [6.45, 7) is 1.33. The molecule has 18 heavy (non-hydrogen) atoms. The molecule has 0 heterocycles. The number of hydrogen-bond donors (Lipinski definition) is 0. The molecule has 1 aromatic rings. The van der Waals surface area contributed by atoms with Crippen molar-refractivity contribution in [3.05, 3.63) is 34.9 Å². The first-order valence-electron chi connectivity index (χ1n) is 4.99. The van der Waals surface area contributed by atoms with Crippen molar-refractivity contribution in [1.82, 2.24) is 0 Å². The summed E-state index contributed by atoms with van der Waals surface area (Å²) >= 11 is 3.11. The molecule has 0 aliphatic rings. The van der Waals surface area contributed by atoms with E-state index in [2.05, 4.69) is 15.9 Å². The van der Waals surface area contributed by atoms with Gasteiger partial charge in [-0.05, 0) is 30.2 Å². The standard InChI is InChI=1S/C12H9BrF3NO/c1-7(18)11(13)10-3-2-9(12(14,15)16)6-8(10)4-5-17/h2-3,6,11H,4H2,1H3. The SMILES string of the molecule is CC(=O)C(Br)c1ccc(C(F)(F)F)cc1CC#N. The third-order valence-corrected chi connectivity index (χ3v) is 3.51. The number of hydrogen-bond acceptors (Lipinski definition) is 2. The summed E-state index contributed by atoms with van der Waals surface area (Å²) in [6, 6.07) is 4.85. The van der Waals surface area contributed by atoms with Gasteiger partial charge in [-0.1, -0.05) is 22.0 Å². The van der Waals surface area contributed by atoms with E-state index in [4.69, 9.17) is 5.26 Å². The highest BCUT2D eigenvalue weighted by Gasteiger charge is 2.31. The van der Waals surface area contributed by atoms with Crippen molar-refractivity contribution >= 4 is 21.7 Å². The number of halogens is 4. The fourth-order valence-electron chi connectivity index (χ4n) is 1.49. The minimum Gasteiger partial charge on any atom is -0.298 e. The third-order valence-electron chi connectivity index (χ3n) is 2.37. The van der Waals surface area contributed by atoms with Gasteiger partial charge in [0.05, 0.1) is 22.9 Å². The summed E-state index contributed by atoms with van der Waals surface area (Å²) < 4.78 is 37.6. The summed E-state index contributed by atoms with van der Waals surface area (Å²) in [5.74, 6) is -0.228. The van der Waals surface area contributed by atoms with Crippen LogP contribution in [0.25, 0.3) is 0 Å². The van der Waals surface area contributed by atoms with E-state index in [0.29, 0.717) is 5.56 Å². The lowest BCUT2D eigenvalue weighted by molar-refractivity contribution is -0.137. The van der Waals surface area contributed by atoms with Crippen molar-refractivity contribution in [2.24, 2.45) is 0 Å². The van der Waals surface area contributed by atoms with Gasteiger partial charge in [0.1, 0.15) is 5.78 Å². The van der Waals surface area contributed by atoms with Gasteiger partial charge in [-0.25, -0.2) is 0 Å². The number of nitrogens with zero attached hydrogens (tertiary/aromatic N) is 1. The number of rotatable bonds is 3. The molecule has 0 radical (unpaired) electrons. The summed E-state index contributed by atoms with van der Waals surface area (Å²) in [5, 5.41) is 8.63. The second-order valence-electron chi connectivity index (χ2n) is 3.72. The van der Waals surface area contributed by atoms with E-state index >= 15 is 0 Å². The third kappa shape index (κ3) is 3.33. The minimum atomic E-state index is -4.46. The van der Waals surface area contributed by atoms with Crippen molar-refractivity contribution in [1.29, 1.82) is 5.26 Å². The first-order valence-corrected chi connectivity index (χ1v) is 5.90. The van der Waals surface area contributed by atoms with E-state index < -0.39 is 16.6 Å². The summed E-state index contributed by atoms with van der Waals surface area (Å²) in [5.41, 5.74) is -0.207. The Hall–Kier alpha value is -1.35. The molecule has 1 atom stereocenters. The van der Waals surface area contributed by atoms with Gasteiger partial charge in [-0.3, -0.25) is 4.79 Å². The second-order valence-corrected chi connectivity index (χ2v) is 4.64. The average Bonchev–Trinajstić information content (AvgIpc) is 2.27. The van der Waals surface area contributed by atoms with Crippen LogP contribution in [0.3, 0.4) is 0 Å². The Balaban J connectivity index is 3.30. The van der Waals surface area contributed by atoms with Gasteiger partial charge in [0.15, 0.2) is 0 Å². The maximum absolute atomic E-state index is 12.5. The average molecular weight is 320 g/mol. The zero-order valence-electron chi connectivity index (χ0n) is 9.38. The van der Waals surface area contributed by atoms with Crippen LogP contribution in [0.2, 0.25) is 0 Å². The maximum atomic E-state index is 12.5. The largest absolute Gasteiger partial charge is 0.416 e. The van der Waals surface area contributed by atoms with Crippen molar-refractivity contribution in [3.63, 3.8) is 0 Å². The highest BCUT2D eigenvalue weighted by Crippen LogP contribution is 2.34. The molecule has 0 N–H and O–H groups in total. The Bertz CT molecular complexity index is 505. The lowest BCUT2D eigenvalue weighted by atomic mass is 9.98. The summed E-state index contributed by atoms with van der Waals surface area (Å²) in [7, 11) is 0. The van der Waals surface area contributed by atoms with Crippen molar-refractivity contribution in [3.8, 4) is 6.07 Å². The number of nitriles is 1. The molecule has 0 aromatic heterocycles. The maximum Gasteiger partial charge on any atom is 0.416 e. The van der Waals surface area contributed by atoms with Crippen LogP contribution in [0, 0.1) is 11.3 Å². The molecule has 0 amide bonds. The first-order chi connectivity index (χ1) is 8.27. The van der Waals surface area contributed by atoms with Gasteiger partial charge < -0.3 is 0 Å². The van der Waals surface area contributed by atoms with Crippen LogP contribution in [0.1, 0.15) is 28.4 Å².